The molecule has 9 nitrogen and oxygen atoms in total. The van der Waals surface area contributed by atoms with Gasteiger partial charge in [-0.05, 0) is 72.8 Å². The summed E-state index contributed by atoms with van der Waals surface area (Å²) in [5, 5.41) is 17.9. The van der Waals surface area contributed by atoms with Gasteiger partial charge in [0.25, 0.3) is 0 Å². The van der Waals surface area contributed by atoms with Crippen LogP contribution >= 0.6 is 43.5 Å². The fraction of sp³-hybridized carbons (Fsp3) is 0.235. The number of ketones is 2. The largest absolute Gasteiger partial charge is 0.454 e. The maximum absolute atomic E-state index is 14.1. The Balaban J connectivity index is 0.000000182. The normalized spacial score (nSPS) is 14.4. The molecule has 0 radical (unpaired) electrons. The molecule has 0 amide bonds. The molecule has 15 heteroatoms. The van der Waals surface area contributed by atoms with E-state index in [4.69, 9.17) is 45.5 Å². The Hall–Kier alpha value is -3.18. The van der Waals surface area contributed by atoms with Gasteiger partial charge in [0.05, 0.1) is 26.4 Å². The van der Waals surface area contributed by atoms with Gasteiger partial charge >= 0.3 is 0 Å². The maximum atomic E-state index is 14.1. The number of Topliss-reactive ketones (excluding diaryl/α,β-unsaturated/α-hetero) is 2. The molecule has 4 aromatic carbocycles. The smallest absolute Gasteiger partial charge is 0.188 e. The van der Waals surface area contributed by atoms with Gasteiger partial charge in [-0.25, -0.2) is 13.2 Å². The Bertz CT molecular complexity index is 1770. The van der Waals surface area contributed by atoms with Gasteiger partial charge in [-0.2, -0.15) is 0 Å². The third-order valence-electron chi connectivity index (χ3n) is 6.69. The molecule has 0 unspecified atom stereocenters. The lowest BCUT2D eigenvalue weighted by Gasteiger charge is -2.14. The Morgan fingerprint density at radius 1 is 0.673 bits per heavy atom. The van der Waals surface area contributed by atoms with Crippen LogP contribution in [0.5, 0.6) is 11.5 Å². The van der Waals surface area contributed by atoms with E-state index in [9.17, 15) is 22.8 Å². The number of aliphatic hydroxyl groups is 2. The average Bonchev–Trinajstić information content (AvgIpc) is 3.84. The maximum Gasteiger partial charge on any atom is 0.188 e. The fourth-order valence-corrected chi connectivity index (χ4v) is 5.32. The summed E-state index contributed by atoms with van der Waals surface area (Å²) in [6.07, 6.45) is -0.759. The molecular weight excluding hydrogens is 805 g/mol. The highest BCUT2D eigenvalue weighted by atomic mass is 79.9. The van der Waals surface area contributed by atoms with Crippen molar-refractivity contribution in [3.8, 4) is 11.5 Å². The van der Waals surface area contributed by atoms with Crippen LogP contribution in [0.2, 0.25) is 5.02 Å². The summed E-state index contributed by atoms with van der Waals surface area (Å²) in [5.41, 5.74) is 1.76. The van der Waals surface area contributed by atoms with Crippen molar-refractivity contribution < 1.29 is 56.7 Å². The van der Waals surface area contributed by atoms with Crippen LogP contribution in [0.4, 0.5) is 13.2 Å². The minimum Gasteiger partial charge on any atom is -0.454 e. The summed E-state index contributed by atoms with van der Waals surface area (Å²) in [4.78, 5) is 22.1. The predicted molar refractivity (Wildman–Crippen MR) is 178 cm³/mol. The molecular formula is C34H28Br2ClF3O9. The van der Waals surface area contributed by atoms with E-state index in [-0.39, 0.29) is 23.2 Å². The van der Waals surface area contributed by atoms with Crippen LogP contribution in [0.25, 0.3) is 0 Å². The first kappa shape index (κ1) is 38.6. The van der Waals surface area contributed by atoms with Gasteiger partial charge in [0.1, 0.15) is 19.0 Å². The van der Waals surface area contributed by atoms with E-state index < -0.39 is 48.5 Å². The third-order valence-corrected chi connectivity index (χ3v) is 8.37. The van der Waals surface area contributed by atoms with Gasteiger partial charge in [0.15, 0.2) is 47.3 Å². The zero-order valence-electron chi connectivity index (χ0n) is 25.3. The standard InChI is InChI=1S/C17H14BrFO5.C9H8BrClO2.C8H6F2O2/c18-13-3-2-11(8-12(13)17-22-5-6-23-17)24-16-4-1-10(7-14(16)19)15(21)9-20;10-8-2-1-6(11)5-7(8)9-12-3-4-13-9;9-6-2-1-5(3-7(6)10)8(12)4-11/h1-4,7-8,17,20H,5-6,9H2;1-2,5,9H,3-4H2;1-3,11H,4H2. The van der Waals surface area contributed by atoms with Crippen LogP contribution in [-0.4, -0.2) is 61.4 Å². The summed E-state index contributed by atoms with van der Waals surface area (Å²) < 4.78 is 67.8. The molecule has 0 atom stereocenters. The number of benzene rings is 4. The van der Waals surface area contributed by atoms with Crippen molar-refractivity contribution >= 4 is 55.0 Å². The highest BCUT2D eigenvalue weighted by Gasteiger charge is 2.22. The predicted octanol–water partition coefficient (Wildman–Crippen LogP) is 7.89. The summed E-state index contributed by atoms with van der Waals surface area (Å²) in [7, 11) is 0. The Morgan fingerprint density at radius 3 is 1.67 bits per heavy atom. The zero-order chi connectivity index (χ0) is 35.5. The summed E-state index contributed by atoms with van der Waals surface area (Å²) in [6, 6.07) is 17.2. The lowest BCUT2D eigenvalue weighted by molar-refractivity contribution is -0.0448. The van der Waals surface area contributed by atoms with Crippen LogP contribution in [-0.2, 0) is 18.9 Å². The van der Waals surface area contributed by atoms with Crippen molar-refractivity contribution in [2.75, 3.05) is 39.6 Å². The molecule has 0 aliphatic carbocycles. The number of rotatable bonds is 8. The molecule has 2 aliphatic heterocycles. The number of aliphatic hydroxyl groups excluding tert-OH is 2. The minimum atomic E-state index is -1.09. The third kappa shape index (κ3) is 10.9. The highest BCUT2D eigenvalue weighted by molar-refractivity contribution is 9.10. The number of halogens is 6. The van der Waals surface area contributed by atoms with Gasteiger partial charge in [-0.15, -0.1) is 0 Å². The Morgan fingerprint density at radius 2 is 1.16 bits per heavy atom. The molecule has 2 heterocycles. The van der Waals surface area contributed by atoms with Crippen molar-refractivity contribution in [3.05, 3.63) is 126 Å². The topological polar surface area (TPSA) is 121 Å². The van der Waals surface area contributed by atoms with E-state index in [0.29, 0.717) is 37.2 Å². The van der Waals surface area contributed by atoms with Gasteiger partial charge in [0, 0.05) is 36.2 Å². The zero-order valence-corrected chi connectivity index (χ0v) is 29.3. The molecule has 6 rings (SSSR count). The van der Waals surface area contributed by atoms with Gasteiger partial charge in [0.2, 0.25) is 0 Å². The van der Waals surface area contributed by atoms with Crippen molar-refractivity contribution in [1.82, 2.24) is 0 Å². The Labute approximate surface area is 300 Å². The molecule has 4 aromatic rings. The van der Waals surface area contributed by atoms with Crippen molar-refractivity contribution in [3.63, 3.8) is 0 Å². The van der Waals surface area contributed by atoms with Crippen LogP contribution in [0.1, 0.15) is 44.4 Å². The first-order valence-electron chi connectivity index (χ1n) is 14.4. The molecule has 2 aliphatic rings. The van der Waals surface area contributed by atoms with Crippen LogP contribution < -0.4 is 4.74 Å². The van der Waals surface area contributed by atoms with Crippen molar-refractivity contribution in [2.45, 2.75) is 12.6 Å². The number of carbonyl (C=O) groups excluding carboxylic acids is 2. The lowest BCUT2D eigenvalue weighted by Crippen LogP contribution is -2.05. The van der Waals surface area contributed by atoms with E-state index >= 15 is 0 Å². The van der Waals surface area contributed by atoms with Crippen LogP contribution in [0.3, 0.4) is 0 Å². The SMILES string of the molecule is Clc1ccc(Br)c(C2OCCO2)c1.O=C(CO)c1ccc(F)c(F)c1.O=C(CO)c1ccc(Oc2ccc(Br)c(C3OCCO3)c2)c(F)c1. The monoisotopic (exact) mass is 830 g/mol. The molecule has 2 saturated heterocycles. The summed E-state index contributed by atoms with van der Waals surface area (Å²) >= 11 is 12.7. The molecule has 0 saturated carbocycles. The van der Waals surface area contributed by atoms with Gasteiger partial charge in [-0.1, -0.05) is 43.5 Å². The molecule has 0 aromatic heterocycles. The fourth-order valence-electron chi connectivity index (χ4n) is 4.27. The summed E-state index contributed by atoms with van der Waals surface area (Å²) in [5.74, 6) is -3.58. The minimum absolute atomic E-state index is 0.0222. The number of carbonyl (C=O) groups is 2. The molecule has 0 spiro atoms. The lowest BCUT2D eigenvalue weighted by atomic mass is 10.1. The Kier molecular flexibility index (Phi) is 14.7. The van der Waals surface area contributed by atoms with Crippen LogP contribution in [0, 0.1) is 17.5 Å². The second-order valence-electron chi connectivity index (χ2n) is 10.0. The van der Waals surface area contributed by atoms with E-state index in [1.807, 2.05) is 18.2 Å². The molecule has 260 valence electrons. The van der Waals surface area contributed by atoms with E-state index in [0.717, 1.165) is 44.3 Å². The van der Waals surface area contributed by atoms with Gasteiger partial charge in [-0.3, -0.25) is 9.59 Å². The average molecular weight is 833 g/mol. The van der Waals surface area contributed by atoms with Gasteiger partial charge < -0.3 is 33.9 Å². The second-order valence-corrected chi connectivity index (χ2v) is 12.2. The quantitative estimate of drug-likeness (QED) is 0.171. The molecule has 49 heavy (non-hydrogen) atoms. The van der Waals surface area contributed by atoms with Crippen molar-refractivity contribution in [2.24, 2.45) is 0 Å². The van der Waals surface area contributed by atoms with E-state index in [2.05, 4.69) is 31.9 Å². The number of ether oxygens (including phenoxy) is 5. The van der Waals surface area contributed by atoms with Crippen molar-refractivity contribution in [1.29, 1.82) is 0 Å². The molecule has 2 fully saturated rings. The molecule has 0 bridgehead atoms. The first-order chi connectivity index (χ1) is 23.5. The van der Waals surface area contributed by atoms with E-state index in [1.54, 1.807) is 18.2 Å². The number of hydrogen-bond acceptors (Lipinski definition) is 9. The number of hydrogen-bond donors (Lipinski definition) is 2. The van der Waals surface area contributed by atoms with Crippen LogP contribution in [0.15, 0.2) is 81.7 Å². The molecule has 2 N–H and O–H groups in total. The highest BCUT2D eigenvalue weighted by Crippen LogP contribution is 2.35. The first-order valence-corrected chi connectivity index (χ1v) is 16.4. The summed E-state index contributed by atoms with van der Waals surface area (Å²) in [6.45, 7) is 0.934. The second kappa shape index (κ2) is 18.7. The van der Waals surface area contributed by atoms with E-state index in [1.165, 1.54) is 12.1 Å².